The van der Waals surface area contributed by atoms with Crippen LogP contribution in [0.1, 0.15) is 19.3 Å². The molecule has 0 bridgehead atoms. The van der Waals surface area contributed by atoms with Gasteiger partial charge >= 0.3 is 0 Å². The third kappa shape index (κ3) is 4.93. The minimum Gasteiger partial charge on any atom is -0.550 e. The van der Waals surface area contributed by atoms with Gasteiger partial charge in [-0.3, -0.25) is 4.79 Å². The number of hydrogen-bond donors (Lipinski definition) is 1. The molecule has 1 fully saturated rings. The van der Waals surface area contributed by atoms with Crippen LogP contribution in [0.2, 0.25) is 0 Å². The molecular formula is C16H21N2O6S-. The minimum atomic E-state index is -3.69. The van der Waals surface area contributed by atoms with Crippen molar-refractivity contribution in [1.82, 2.24) is 9.62 Å². The molecule has 1 aliphatic rings. The van der Waals surface area contributed by atoms with E-state index < -0.39 is 21.9 Å². The van der Waals surface area contributed by atoms with E-state index in [0.29, 0.717) is 25.1 Å². The van der Waals surface area contributed by atoms with Crippen molar-refractivity contribution in [1.29, 1.82) is 0 Å². The summed E-state index contributed by atoms with van der Waals surface area (Å²) >= 11 is 0. The number of rotatable bonds is 7. The molecule has 1 aromatic rings. The van der Waals surface area contributed by atoms with Crippen LogP contribution in [0.5, 0.6) is 5.75 Å². The lowest BCUT2D eigenvalue weighted by molar-refractivity contribution is -0.305. The van der Waals surface area contributed by atoms with Gasteiger partial charge in [-0.05, 0) is 37.1 Å². The van der Waals surface area contributed by atoms with Crippen molar-refractivity contribution in [3.63, 3.8) is 0 Å². The average Bonchev–Trinajstić information content (AvgIpc) is 2.61. The second-order valence-corrected chi connectivity index (χ2v) is 7.73. The Bertz CT molecular complexity index is 717. The number of benzene rings is 1. The van der Waals surface area contributed by atoms with Crippen molar-refractivity contribution in [3.05, 3.63) is 24.3 Å². The van der Waals surface area contributed by atoms with Gasteiger partial charge in [-0.2, -0.15) is 4.31 Å². The van der Waals surface area contributed by atoms with Crippen LogP contribution in [0.4, 0.5) is 0 Å². The van der Waals surface area contributed by atoms with Crippen molar-refractivity contribution in [3.8, 4) is 5.75 Å². The Morgan fingerprint density at radius 2 is 2.00 bits per heavy atom. The van der Waals surface area contributed by atoms with Gasteiger partial charge < -0.3 is 20.0 Å². The van der Waals surface area contributed by atoms with E-state index in [9.17, 15) is 23.1 Å². The molecule has 9 heteroatoms. The van der Waals surface area contributed by atoms with Crippen molar-refractivity contribution in [2.24, 2.45) is 5.92 Å². The topological polar surface area (TPSA) is 116 Å². The molecular weight excluding hydrogens is 348 g/mol. The van der Waals surface area contributed by atoms with Crippen LogP contribution >= 0.6 is 0 Å². The standard InChI is InChI=1S/C16H22N2O6S/c1-24-13-4-6-14(7-5-13)25(22,23)18-10-2-3-12(11-18)16(21)17-9-8-15(19)20/h4-7,12H,2-3,8-11H2,1H3,(H,17,21)(H,19,20)/p-1/t12-/m1/s1. The van der Waals surface area contributed by atoms with Gasteiger partial charge in [0.25, 0.3) is 0 Å². The number of amides is 1. The molecule has 1 heterocycles. The number of carboxylic acids is 1. The molecule has 138 valence electrons. The SMILES string of the molecule is COc1ccc(S(=O)(=O)N2CCC[C@@H](C(=O)NCCC(=O)[O-])C2)cc1. The van der Waals surface area contributed by atoms with Gasteiger partial charge in [0.15, 0.2) is 0 Å². The third-order valence-corrected chi connectivity index (χ3v) is 5.96. The zero-order valence-corrected chi connectivity index (χ0v) is 14.8. The Morgan fingerprint density at radius 1 is 1.32 bits per heavy atom. The number of nitrogens with zero attached hydrogens (tertiary/aromatic N) is 1. The molecule has 2 rings (SSSR count). The first-order chi connectivity index (χ1) is 11.8. The van der Waals surface area contributed by atoms with Gasteiger partial charge in [-0.1, -0.05) is 0 Å². The summed E-state index contributed by atoms with van der Waals surface area (Å²) in [6.45, 7) is 0.394. The molecule has 1 aromatic carbocycles. The van der Waals surface area contributed by atoms with Crippen molar-refractivity contribution < 1.29 is 27.9 Å². The molecule has 25 heavy (non-hydrogen) atoms. The normalized spacial score (nSPS) is 18.5. The number of sulfonamides is 1. The molecule has 0 aromatic heterocycles. The second kappa shape index (κ2) is 8.30. The predicted octanol–water partition coefficient (Wildman–Crippen LogP) is -0.648. The number of piperidine rings is 1. The minimum absolute atomic E-state index is 0.0249. The maximum Gasteiger partial charge on any atom is 0.243 e. The first-order valence-corrected chi connectivity index (χ1v) is 9.40. The summed E-state index contributed by atoms with van der Waals surface area (Å²) in [6.07, 6.45) is 0.853. The molecule has 0 saturated carbocycles. The number of ether oxygens (including phenoxy) is 1. The van der Waals surface area contributed by atoms with Gasteiger partial charge in [-0.25, -0.2) is 8.42 Å². The molecule has 1 saturated heterocycles. The summed E-state index contributed by atoms with van der Waals surface area (Å²) in [4.78, 5) is 22.6. The molecule has 0 aliphatic carbocycles. The van der Waals surface area contributed by atoms with Crippen LogP contribution in [-0.4, -0.2) is 51.3 Å². The highest BCUT2D eigenvalue weighted by atomic mass is 32.2. The predicted molar refractivity (Wildman–Crippen MR) is 87.1 cm³/mol. The zero-order chi connectivity index (χ0) is 18.4. The van der Waals surface area contributed by atoms with E-state index in [-0.39, 0.29) is 30.3 Å². The Hall–Kier alpha value is -2.13. The number of hydrogen-bond acceptors (Lipinski definition) is 6. The van der Waals surface area contributed by atoms with Crippen LogP contribution in [0.3, 0.4) is 0 Å². The van der Waals surface area contributed by atoms with Crippen molar-refractivity contribution >= 4 is 21.9 Å². The van der Waals surface area contributed by atoms with E-state index in [0.717, 1.165) is 0 Å². The number of aliphatic carboxylic acids is 1. The fourth-order valence-corrected chi connectivity index (χ4v) is 4.23. The van der Waals surface area contributed by atoms with Gasteiger partial charge in [0, 0.05) is 32.0 Å². The molecule has 8 nitrogen and oxygen atoms in total. The van der Waals surface area contributed by atoms with Gasteiger partial charge in [0.05, 0.1) is 17.9 Å². The Kier molecular flexibility index (Phi) is 6.38. The number of methoxy groups -OCH3 is 1. The second-order valence-electron chi connectivity index (χ2n) is 5.79. The molecule has 0 spiro atoms. The van der Waals surface area contributed by atoms with E-state index in [1.54, 1.807) is 12.1 Å². The number of carboxylic acid groups (broad SMARTS) is 1. The Morgan fingerprint density at radius 3 is 2.60 bits per heavy atom. The monoisotopic (exact) mass is 369 g/mol. The van der Waals surface area contributed by atoms with Crippen LogP contribution in [-0.2, 0) is 19.6 Å². The maximum atomic E-state index is 12.7. The summed E-state index contributed by atoms with van der Waals surface area (Å²) in [5.74, 6) is -1.52. The van der Waals surface area contributed by atoms with Gasteiger partial charge in [0.1, 0.15) is 5.75 Å². The molecule has 1 atom stereocenters. The summed E-state index contributed by atoms with van der Waals surface area (Å²) in [7, 11) is -2.20. The van der Waals surface area contributed by atoms with Crippen LogP contribution in [0.25, 0.3) is 0 Å². The maximum absolute atomic E-state index is 12.7. The first kappa shape index (κ1) is 19.2. The summed E-state index contributed by atoms with van der Waals surface area (Å²) in [5.41, 5.74) is 0. The molecule has 1 aliphatic heterocycles. The van der Waals surface area contributed by atoms with Crippen LogP contribution in [0.15, 0.2) is 29.2 Å². The fourth-order valence-electron chi connectivity index (χ4n) is 2.70. The highest BCUT2D eigenvalue weighted by Gasteiger charge is 2.33. The third-order valence-electron chi connectivity index (χ3n) is 4.08. The van der Waals surface area contributed by atoms with E-state index in [1.807, 2.05) is 0 Å². The van der Waals surface area contributed by atoms with E-state index >= 15 is 0 Å². The van der Waals surface area contributed by atoms with E-state index in [1.165, 1.54) is 23.5 Å². The lowest BCUT2D eigenvalue weighted by atomic mass is 9.99. The van der Waals surface area contributed by atoms with Crippen LogP contribution < -0.4 is 15.2 Å². The van der Waals surface area contributed by atoms with E-state index in [4.69, 9.17) is 4.74 Å². The number of carbonyl (C=O) groups excluding carboxylic acids is 2. The quantitative estimate of drug-likeness (QED) is 0.683. The summed E-state index contributed by atoms with van der Waals surface area (Å²) in [5, 5.41) is 12.9. The van der Waals surface area contributed by atoms with Gasteiger partial charge in [0.2, 0.25) is 15.9 Å². The number of nitrogens with one attached hydrogen (secondary N) is 1. The summed E-state index contributed by atoms with van der Waals surface area (Å²) < 4.78 is 31.8. The Labute approximate surface area is 146 Å². The van der Waals surface area contributed by atoms with Crippen LogP contribution in [0, 0.1) is 5.92 Å². The average molecular weight is 369 g/mol. The van der Waals surface area contributed by atoms with Crippen molar-refractivity contribution in [2.45, 2.75) is 24.2 Å². The molecule has 0 unspecified atom stereocenters. The molecule has 1 amide bonds. The zero-order valence-electron chi connectivity index (χ0n) is 13.9. The molecule has 0 radical (unpaired) electrons. The first-order valence-electron chi connectivity index (χ1n) is 7.96. The lowest BCUT2D eigenvalue weighted by Crippen LogP contribution is -2.45. The summed E-state index contributed by atoms with van der Waals surface area (Å²) in [6, 6.07) is 6.08. The smallest absolute Gasteiger partial charge is 0.243 e. The highest BCUT2D eigenvalue weighted by molar-refractivity contribution is 7.89. The van der Waals surface area contributed by atoms with E-state index in [2.05, 4.69) is 5.32 Å². The molecule has 1 N–H and O–H groups in total. The van der Waals surface area contributed by atoms with Crippen molar-refractivity contribution in [2.75, 3.05) is 26.7 Å². The fraction of sp³-hybridized carbons (Fsp3) is 0.500. The number of carbonyl (C=O) groups is 2. The largest absolute Gasteiger partial charge is 0.550 e. The highest BCUT2D eigenvalue weighted by Crippen LogP contribution is 2.25. The van der Waals surface area contributed by atoms with Gasteiger partial charge in [-0.15, -0.1) is 0 Å². The lowest BCUT2D eigenvalue weighted by Gasteiger charge is -2.31. The Balaban J connectivity index is 2.03.